The van der Waals surface area contributed by atoms with E-state index in [0.29, 0.717) is 5.92 Å². The smallest absolute Gasteiger partial charge is 0.0497 e. The highest BCUT2D eigenvalue weighted by Gasteiger charge is 2.24. The normalized spacial score (nSPS) is 19.9. The van der Waals surface area contributed by atoms with Crippen LogP contribution in [0.15, 0.2) is 24.3 Å². The zero-order chi connectivity index (χ0) is 10.8. The Morgan fingerprint density at radius 2 is 2.20 bits per heavy atom. The summed E-state index contributed by atoms with van der Waals surface area (Å²) in [5.74, 6) is 0.948. The monoisotopic (exact) mass is 205 g/mol. The van der Waals surface area contributed by atoms with Crippen LogP contribution in [0.3, 0.4) is 0 Å². The number of likely N-dealkylation sites (tertiary alicyclic amines) is 1. The number of rotatable bonds is 3. The highest BCUT2D eigenvalue weighted by molar-refractivity contribution is 5.30. The molecule has 82 valence electrons. The summed E-state index contributed by atoms with van der Waals surface area (Å²) in [5.41, 5.74) is 2.68. The van der Waals surface area contributed by atoms with Crippen LogP contribution < -0.4 is 0 Å². The maximum absolute atomic E-state index is 9.12. The van der Waals surface area contributed by atoms with Gasteiger partial charge in [0, 0.05) is 31.5 Å². The Morgan fingerprint density at radius 1 is 1.47 bits per heavy atom. The van der Waals surface area contributed by atoms with Crippen LogP contribution >= 0.6 is 0 Å². The van der Waals surface area contributed by atoms with Gasteiger partial charge in [-0.2, -0.15) is 0 Å². The second kappa shape index (κ2) is 4.33. The number of aliphatic hydroxyl groups is 1. The fraction of sp³-hybridized carbons (Fsp3) is 0.538. The van der Waals surface area contributed by atoms with Crippen LogP contribution in [0.2, 0.25) is 0 Å². The molecule has 0 saturated carbocycles. The van der Waals surface area contributed by atoms with Gasteiger partial charge in [0.25, 0.3) is 0 Å². The first-order valence-corrected chi connectivity index (χ1v) is 5.60. The summed E-state index contributed by atoms with van der Waals surface area (Å²) in [4.78, 5) is 2.33. The van der Waals surface area contributed by atoms with Crippen LogP contribution in [0, 0.1) is 0 Å². The lowest BCUT2D eigenvalue weighted by Gasteiger charge is -2.36. The minimum Gasteiger partial charge on any atom is -0.396 e. The zero-order valence-electron chi connectivity index (χ0n) is 9.48. The molecular formula is C13H19NO. The van der Waals surface area contributed by atoms with Crippen molar-refractivity contribution in [2.45, 2.75) is 18.8 Å². The third-order valence-electron chi connectivity index (χ3n) is 3.29. The summed E-state index contributed by atoms with van der Waals surface area (Å²) in [6.45, 7) is 4.62. The van der Waals surface area contributed by atoms with Gasteiger partial charge in [0.2, 0.25) is 0 Å². The van der Waals surface area contributed by atoms with Gasteiger partial charge in [0.1, 0.15) is 0 Å². The Morgan fingerprint density at radius 3 is 2.80 bits per heavy atom. The molecule has 0 aliphatic carbocycles. The van der Waals surface area contributed by atoms with Crippen molar-refractivity contribution in [2.24, 2.45) is 0 Å². The number of hydrogen-bond acceptors (Lipinski definition) is 2. The average molecular weight is 205 g/mol. The molecule has 1 saturated heterocycles. The average Bonchev–Trinajstić information content (AvgIpc) is 2.24. The molecule has 2 rings (SSSR count). The predicted octanol–water partition coefficient (Wildman–Crippen LogP) is 1.81. The molecule has 0 amide bonds. The Balaban J connectivity index is 2.12. The summed E-state index contributed by atoms with van der Waals surface area (Å²) in [7, 11) is 2.15. The second-order valence-electron chi connectivity index (χ2n) is 4.67. The molecule has 1 aliphatic rings. The Bertz CT molecular complexity index is 331. The minimum absolute atomic E-state index is 0.230. The molecule has 15 heavy (non-hydrogen) atoms. The van der Waals surface area contributed by atoms with Gasteiger partial charge in [-0.25, -0.2) is 0 Å². The SMILES string of the molecule is CC(CO)c1cccc(C2CN(C)C2)c1. The first kappa shape index (κ1) is 10.7. The maximum atomic E-state index is 9.12. The van der Waals surface area contributed by atoms with Crippen molar-refractivity contribution < 1.29 is 5.11 Å². The van der Waals surface area contributed by atoms with Crippen molar-refractivity contribution >= 4 is 0 Å². The predicted molar refractivity (Wildman–Crippen MR) is 62.2 cm³/mol. The van der Waals surface area contributed by atoms with Crippen molar-refractivity contribution in [1.82, 2.24) is 4.90 Å². The number of benzene rings is 1. The van der Waals surface area contributed by atoms with Gasteiger partial charge in [-0.1, -0.05) is 31.2 Å². The number of nitrogens with zero attached hydrogens (tertiary/aromatic N) is 1. The van der Waals surface area contributed by atoms with Crippen LogP contribution in [-0.4, -0.2) is 36.8 Å². The summed E-state index contributed by atoms with van der Waals surface area (Å²) >= 11 is 0. The zero-order valence-corrected chi connectivity index (χ0v) is 9.48. The molecule has 1 unspecified atom stereocenters. The lowest BCUT2D eigenvalue weighted by atomic mass is 9.89. The molecule has 1 aliphatic heterocycles. The van der Waals surface area contributed by atoms with E-state index in [4.69, 9.17) is 5.11 Å². The van der Waals surface area contributed by atoms with Gasteiger partial charge in [-0.3, -0.25) is 0 Å². The fourth-order valence-corrected chi connectivity index (χ4v) is 2.13. The second-order valence-corrected chi connectivity index (χ2v) is 4.67. The van der Waals surface area contributed by atoms with E-state index in [2.05, 4.69) is 43.1 Å². The molecule has 1 aromatic rings. The minimum atomic E-state index is 0.230. The molecule has 1 heterocycles. The third-order valence-corrected chi connectivity index (χ3v) is 3.29. The van der Waals surface area contributed by atoms with E-state index in [0.717, 1.165) is 13.1 Å². The summed E-state index contributed by atoms with van der Waals surface area (Å²) in [5, 5.41) is 9.12. The molecule has 0 radical (unpaired) electrons. The lowest BCUT2D eigenvalue weighted by Crippen LogP contribution is -2.41. The van der Waals surface area contributed by atoms with E-state index in [1.54, 1.807) is 0 Å². The van der Waals surface area contributed by atoms with Gasteiger partial charge in [-0.05, 0) is 18.2 Å². The van der Waals surface area contributed by atoms with E-state index in [-0.39, 0.29) is 12.5 Å². The van der Waals surface area contributed by atoms with E-state index in [1.807, 2.05) is 0 Å². The number of hydrogen-bond donors (Lipinski definition) is 1. The lowest BCUT2D eigenvalue weighted by molar-refractivity contribution is 0.189. The molecule has 1 N–H and O–H groups in total. The number of likely N-dealkylation sites (N-methyl/N-ethyl adjacent to an activating group) is 1. The molecule has 2 heteroatoms. The fourth-order valence-electron chi connectivity index (χ4n) is 2.13. The molecule has 1 atom stereocenters. The van der Waals surface area contributed by atoms with Gasteiger partial charge in [0.05, 0.1) is 0 Å². The molecular weight excluding hydrogens is 186 g/mol. The van der Waals surface area contributed by atoms with Crippen molar-refractivity contribution in [1.29, 1.82) is 0 Å². The van der Waals surface area contributed by atoms with Crippen molar-refractivity contribution in [3.8, 4) is 0 Å². The summed E-state index contributed by atoms with van der Waals surface area (Å²) < 4.78 is 0. The first-order valence-electron chi connectivity index (χ1n) is 5.60. The Hall–Kier alpha value is -0.860. The number of aliphatic hydroxyl groups excluding tert-OH is 1. The molecule has 2 nitrogen and oxygen atoms in total. The molecule has 0 bridgehead atoms. The van der Waals surface area contributed by atoms with Gasteiger partial charge >= 0.3 is 0 Å². The van der Waals surface area contributed by atoms with E-state index in [1.165, 1.54) is 11.1 Å². The van der Waals surface area contributed by atoms with Crippen LogP contribution in [0.1, 0.15) is 29.9 Å². The Kier molecular flexibility index (Phi) is 3.08. The van der Waals surface area contributed by atoms with Crippen LogP contribution in [-0.2, 0) is 0 Å². The molecule has 0 spiro atoms. The summed E-state index contributed by atoms with van der Waals surface area (Å²) in [6.07, 6.45) is 0. The first-order chi connectivity index (χ1) is 7.20. The quantitative estimate of drug-likeness (QED) is 0.813. The van der Waals surface area contributed by atoms with Gasteiger partial charge in [0.15, 0.2) is 0 Å². The maximum Gasteiger partial charge on any atom is 0.0497 e. The highest BCUT2D eigenvalue weighted by atomic mass is 16.3. The van der Waals surface area contributed by atoms with E-state index >= 15 is 0 Å². The van der Waals surface area contributed by atoms with Crippen LogP contribution in [0.4, 0.5) is 0 Å². The van der Waals surface area contributed by atoms with Crippen LogP contribution in [0.5, 0.6) is 0 Å². The third kappa shape index (κ3) is 2.21. The van der Waals surface area contributed by atoms with Crippen LogP contribution in [0.25, 0.3) is 0 Å². The van der Waals surface area contributed by atoms with Crippen molar-refractivity contribution in [2.75, 3.05) is 26.7 Å². The van der Waals surface area contributed by atoms with Crippen molar-refractivity contribution in [3.63, 3.8) is 0 Å². The standard InChI is InChI=1S/C13H19NO/c1-10(9-15)11-4-3-5-12(6-11)13-7-14(2)8-13/h3-6,10,13,15H,7-9H2,1-2H3. The largest absolute Gasteiger partial charge is 0.396 e. The van der Waals surface area contributed by atoms with E-state index < -0.39 is 0 Å². The molecule has 1 aromatic carbocycles. The molecule has 0 aromatic heterocycles. The summed E-state index contributed by atoms with van der Waals surface area (Å²) in [6, 6.07) is 8.66. The molecule has 1 fully saturated rings. The highest BCUT2D eigenvalue weighted by Crippen LogP contribution is 2.27. The Labute approximate surface area is 91.5 Å². The van der Waals surface area contributed by atoms with Gasteiger partial charge < -0.3 is 10.0 Å². The van der Waals surface area contributed by atoms with E-state index in [9.17, 15) is 0 Å². The van der Waals surface area contributed by atoms with Crippen molar-refractivity contribution in [3.05, 3.63) is 35.4 Å². The van der Waals surface area contributed by atoms with Gasteiger partial charge in [-0.15, -0.1) is 0 Å². The topological polar surface area (TPSA) is 23.5 Å².